The molecular formula is C9H10ClNO2. The van der Waals surface area contributed by atoms with E-state index >= 15 is 0 Å². The maximum atomic E-state index is 10.8. The molecule has 3 nitrogen and oxygen atoms in total. The Morgan fingerprint density at radius 3 is 2.92 bits per heavy atom. The van der Waals surface area contributed by atoms with Crippen molar-refractivity contribution in [1.82, 2.24) is 4.98 Å². The van der Waals surface area contributed by atoms with Gasteiger partial charge in [0.15, 0.2) is 0 Å². The third kappa shape index (κ3) is 2.18. The fourth-order valence-corrected chi connectivity index (χ4v) is 1.45. The number of pyridine rings is 1. The Hall–Kier alpha value is -1.09. The van der Waals surface area contributed by atoms with Crippen LogP contribution in [0.1, 0.15) is 24.8 Å². The lowest BCUT2D eigenvalue weighted by Gasteiger charge is -2.10. The molecule has 70 valence electrons. The number of carboxylic acids is 1. The largest absolute Gasteiger partial charge is 0.481 e. The number of hydrogen-bond acceptors (Lipinski definition) is 2. The van der Waals surface area contributed by atoms with Crippen molar-refractivity contribution in [2.24, 2.45) is 0 Å². The van der Waals surface area contributed by atoms with Gasteiger partial charge in [0.05, 0.1) is 10.9 Å². The molecule has 1 unspecified atom stereocenters. The van der Waals surface area contributed by atoms with E-state index in [2.05, 4.69) is 4.98 Å². The predicted molar refractivity (Wildman–Crippen MR) is 49.9 cm³/mol. The molecule has 1 rings (SSSR count). The van der Waals surface area contributed by atoms with Crippen LogP contribution in [0.4, 0.5) is 0 Å². The second-order valence-electron chi connectivity index (χ2n) is 2.70. The minimum atomic E-state index is -0.851. The van der Waals surface area contributed by atoms with Crippen molar-refractivity contribution in [3.63, 3.8) is 0 Å². The molecule has 0 saturated heterocycles. The van der Waals surface area contributed by atoms with Crippen LogP contribution in [0.2, 0.25) is 5.02 Å². The van der Waals surface area contributed by atoms with Crippen LogP contribution in [0, 0.1) is 0 Å². The van der Waals surface area contributed by atoms with Gasteiger partial charge in [-0.05, 0) is 18.1 Å². The molecule has 13 heavy (non-hydrogen) atoms. The van der Waals surface area contributed by atoms with Gasteiger partial charge in [0.25, 0.3) is 0 Å². The molecule has 1 N–H and O–H groups in total. The highest BCUT2D eigenvalue weighted by Gasteiger charge is 2.19. The molecule has 0 aliphatic rings. The third-order valence-corrected chi connectivity index (χ3v) is 2.20. The molecule has 0 aromatic carbocycles. The molecule has 4 heteroatoms. The molecule has 0 aliphatic carbocycles. The summed E-state index contributed by atoms with van der Waals surface area (Å²) in [5.74, 6) is -1.38. The van der Waals surface area contributed by atoms with E-state index in [1.165, 1.54) is 6.20 Å². The normalized spacial score (nSPS) is 12.5. The fraction of sp³-hybridized carbons (Fsp3) is 0.333. The first-order valence-electron chi connectivity index (χ1n) is 3.99. The van der Waals surface area contributed by atoms with E-state index in [4.69, 9.17) is 16.7 Å². The topological polar surface area (TPSA) is 50.2 Å². The van der Waals surface area contributed by atoms with Gasteiger partial charge in [-0.3, -0.25) is 9.78 Å². The molecule has 0 fully saturated rings. The van der Waals surface area contributed by atoms with E-state index in [0.29, 0.717) is 17.0 Å². The number of hydrogen-bond donors (Lipinski definition) is 1. The molecule has 0 radical (unpaired) electrons. The second kappa shape index (κ2) is 4.23. The zero-order valence-electron chi connectivity index (χ0n) is 7.20. The lowest BCUT2D eigenvalue weighted by atomic mass is 9.98. The molecule has 1 heterocycles. The van der Waals surface area contributed by atoms with E-state index in [1.54, 1.807) is 12.3 Å². The Kier molecular flexibility index (Phi) is 3.25. The van der Waals surface area contributed by atoms with E-state index < -0.39 is 11.9 Å². The maximum absolute atomic E-state index is 10.8. The number of aromatic nitrogens is 1. The summed E-state index contributed by atoms with van der Waals surface area (Å²) in [7, 11) is 0. The highest BCUT2D eigenvalue weighted by molar-refractivity contribution is 6.31. The number of rotatable bonds is 3. The van der Waals surface area contributed by atoms with E-state index in [1.807, 2.05) is 6.92 Å². The van der Waals surface area contributed by atoms with Gasteiger partial charge in [0.2, 0.25) is 0 Å². The summed E-state index contributed by atoms with van der Waals surface area (Å²) in [5.41, 5.74) is 0.631. The van der Waals surface area contributed by atoms with Crippen molar-refractivity contribution in [2.45, 2.75) is 19.3 Å². The SMILES string of the molecule is CCC(C(=O)O)c1ccncc1Cl. The van der Waals surface area contributed by atoms with Gasteiger partial charge in [-0.2, -0.15) is 0 Å². The predicted octanol–water partition coefficient (Wildman–Crippen LogP) is 2.31. The van der Waals surface area contributed by atoms with Gasteiger partial charge >= 0.3 is 5.97 Å². The van der Waals surface area contributed by atoms with Crippen molar-refractivity contribution in [1.29, 1.82) is 0 Å². The van der Waals surface area contributed by atoms with Gasteiger partial charge in [0.1, 0.15) is 0 Å². The van der Waals surface area contributed by atoms with Gasteiger partial charge in [-0.1, -0.05) is 18.5 Å². The van der Waals surface area contributed by atoms with Crippen LogP contribution < -0.4 is 0 Å². The van der Waals surface area contributed by atoms with Gasteiger partial charge in [-0.25, -0.2) is 0 Å². The smallest absolute Gasteiger partial charge is 0.311 e. The van der Waals surface area contributed by atoms with Crippen molar-refractivity contribution in [2.75, 3.05) is 0 Å². The number of carbonyl (C=O) groups is 1. The highest BCUT2D eigenvalue weighted by atomic mass is 35.5. The van der Waals surface area contributed by atoms with Gasteiger partial charge in [0, 0.05) is 12.4 Å². The first-order valence-corrected chi connectivity index (χ1v) is 4.36. The van der Waals surface area contributed by atoms with Crippen LogP contribution in [-0.4, -0.2) is 16.1 Å². The summed E-state index contributed by atoms with van der Waals surface area (Å²) < 4.78 is 0. The van der Waals surface area contributed by atoms with E-state index in [-0.39, 0.29) is 0 Å². The molecule has 1 aromatic rings. The summed E-state index contributed by atoms with van der Waals surface area (Å²) in [6.45, 7) is 1.82. The number of nitrogens with zero attached hydrogens (tertiary/aromatic N) is 1. The molecule has 1 aromatic heterocycles. The molecule has 0 bridgehead atoms. The maximum Gasteiger partial charge on any atom is 0.311 e. The average molecular weight is 200 g/mol. The van der Waals surface area contributed by atoms with Gasteiger partial charge in [-0.15, -0.1) is 0 Å². The fourth-order valence-electron chi connectivity index (χ4n) is 1.20. The Labute approximate surface area is 81.4 Å². The van der Waals surface area contributed by atoms with Crippen LogP contribution in [0.3, 0.4) is 0 Å². The van der Waals surface area contributed by atoms with Crippen molar-refractivity contribution in [3.05, 3.63) is 29.0 Å². The Balaban J connectivity index is 3.04. The van der Waals surface area contributed by atoms with Crippen molar-refractivity contribution >= 4 is 17.6 Å². The Bertz CT molecular complexity index is 314. The van der Waals surface area contributed by atoms with E-state index in [9.17, 15) is 4.79 Å². The third-order valence-electron chi connectivity index (χ3n) is 1.89. The van der Waals surface area contributed by atoms with Crippen molar-refractivity contribution < 1.29 is 9.90 Å². The highest BCUT2D eigenvalue weighted by Crippen LogP contribution is 2.25. The van der Waals surface area contributed by atoms with Crippen molar-refractivity contribution in [3.8, 4) is 0 Å². The molecule has 0 spiro atoms. The first kappa shape index (κ1) is 9.99. The van der Waals surface area contributed by atoms with Crippen LogP contribution in [0.5, 0.6) is 0 Å². The molecule has 0 amide bonds. The molecular weight excluding hydrogens is 190 g/mol. The molecule has 0 aliphatic heterocycles. The lowest BCUT2D eigenvalue weighted by molar-refractivity contribution is -0.138. The van der Waals surface area contributed by atoms with Crippen LogP contribution in [-0.2, 0) is 4.79 Å². The Morgan fingerprint density at radius 2 is 2.46 bits per heavy atom. The van der Waals surface area contributed by atoms with Crippen LogP contribution in [0.15, 0.2) is 18.5 Å². The zero-order valence-corrected chi connectivity index (χ0v) is 7.95. The zero-order chi connectivity index (χ0) is 9.84. The average Bonchev–Trinajstić information content (AvgIpc) is 2.09. The summed E-state index contributed by atoms with van der Waals surface area (Å²) >= 11 is 5.82. The minimum absolute atomic E-state index is 0.414. The van der Waals surface area contributed by atoms with Crippen LogP contribution in [0.25, 0.3) is 0 Å². The second-order valence-corrected chi connectivity index (χ2v) is 3.10. The Morgan fingerprint density at radius 1 is 1.77 bits per heavy atom. The number of halogens is 1. The quantitative estimate of drug-likeness (QED) is 0.813. The van der Waals surface area contributed by atoms with Gasteiger partial charge < -0.3 is 5.11 Å². The molecule has 0 saturated carbocycles. The number of carboxylic acid groups (broad SMARTS) is 1. The summed E-state index contributed by atoms with van der Waals surface area (Å²) in [5, 5.41) is 9.29. The number of aliphatic carboxylic acids is 1. The summed E-state index contributed by atoms with van der Waals surface area (Å²) in [6.07, 6.45) is 3.54. The minimum Gasteiger partial charge on any atom is -0.481 e. The lowest BCUT2D eigenvalue weighted by Crippen LogP contribution is -2.10. The monoisotopic (exact) mass is 199 g/mol. The molecule has 1 atom stereocenters. The summed E-state index contributed by atoms with van der Waals surface area (Å²) in [4.78, 5) is 14.6. The van der Waals surface area contributed by atoms with Crippen LogP contribution >= 0.6 is 11.6 Å². The summed E-state index contributed by atoms with van der Waals surface area (Å²) in [6, 6.07) is 1.64. The first-order chi connectivity index (χ1) is 6.16. The standard InChI is InChI=1S/C9H10ClNO2/c1-2-6(9(12)13)7-3-4-11-5-8(7)10/h3-6H,2H2,1H3,(H,12,13). The van der Waals surface area contributed by atoms with E-state index in [0.717, 1.165) is 0 Å².